The van der Waals surface area contributed by atoms with Gasteiger partial charge in [0, 0.05) is 49.4 Å². The van der Waals surface area contributed by atoms with Crippen LogP contribution in [0.4, 0.5) is 0 Å². The van der Waals surface area contributed by atoms with E-state index >= 15 is 0 Å². The zero-order valence-corrected chi connectivity index (χ0v) is 13.7. The number of nitrogens with one attached hydrogen (secondary N) is 1. The van der Waals surface area contributed by atoms with Crippen LogP contribution in [0.2, 0.25) is 0 Å². The van der Waals surface area contributed by atoms with Crippen molar-refractivity contribution in [1.29, 1.82) is 0 Å². The van der Waals surface area contributed by atoms with Gasteiger partial charge in [0.2, 0.25) is 5.91 Å². The lowest BCUT2D eigenvalue weighted by Crippen LogP contribution is -2.49. The summed E-state index contributed by atoms with van der Waals surface area (Å²) in [5.74, 6) is 0.181. The van der Waals surface area contributed by atoms with Crippen molar-refractivity contribution < 1.29 is 4.79 Å². The Morgan fingerprint density at radius 2 is 1.95 bits per heavy atom. The van der Waals surface area contributed by atoms with Gasteiger partial charge in [-0.3, -0.25) is 19.6 Å². The van der Waals surface area contributed by atoms with Crippen molar-refractivity contribution in [3.05, 3.63) is 28.5 Å². The molecule has 0 aromatic carbocycles. The Labute approximate surface area is 133 Å². The molecule has 1 aromatic heterocycles. The Balaban J connectivity index is 1.40. The van der Waals surface area contributed by atoms with Crippen LogP contribution < -0.4 is 5.32 Å². The molecule has 1 saturated carbocycles. The SMILES string of the molecule is O=C(CN1CCN(Cc2ccc(Br)cn2)CC1)NC1CC1. The maximum absolute atomic E-state index is 11.8. The van der Waals surface area contributed by atoms with Gasteiger partial charge in [0.25, 0.3) is 0 Å². The number of halogens is 1. The molecule has 1 amide bonds. The summed E-state index contributed by atoms with van der Waals surface area (Å²) in [6.45, 7) is 5.32. The van der Waals surface area contributed by atoms with Crippen LogP contribution in [0.1, 0.15) is 18.5 Å². The average molecular weight is 353 g/mol. The molecule has 0 bridgehead atoms. The molecular formula is C15H21BrN4O. The summed E-state index contributed by atoms with van der Waals surface area (Å²) >= 11 is 3.40. The molecule has 0 atom stereocenters. The van der Waals surface area contributed by atoms with E-state index in [0.29, 0.717) is 12.6 Å². The predicted molar refractivity (Wildman–Crippen MR) is 84.8 cm³/mol. The van der Waals surface area contributed by atoms with Gasteiger partial charge in [0.1, 0.15) is 0 Å². The average Bonchev–Trinajstić information content (AvgIpc) is 3.27. The minimum Gasteiger partial charge on any atom is -0.352 e. The highest BCUT2D eigenvalue weighted by atomic mass is 79.9. The smallest absolute Gasteiger partial charge is 0.234 e. The molecule has 21 heavy (non-hydrogen) atoms. The lowest BCUT2D eigenvalue weighted by Gasteiger charge is -2.34. The van der Waals surface area contributed by atoms with Gasteiger partial charge in [0.05, 0.1) is 12.2 Å². The summed E-state index contributed by atoms with van der Waals surface area (Å²) < 4.78 is 1.01. The molecule has 5 nitrogen and oxygen atoms in total. The van der Waals surface area contributed by atoms with E-state index in [9.17, 15) is 4.79 Å². The molecule has 1 saturated heterocycles. The first-order valence-electron chi connectivity index (χ1n) is 7.53. The number of amides is 1. The summed E-state index contributed by atoms with van der Waals surface area (Å²) in [5.41, 5.74) is 1.10. The van der Waals surface area contributed by atoms with Crippen molar-refractivity contribution in [3.63, 3.8) is 0 Å². The molecule has 0 spiro atoms. The molecule has 1 N–H and O–H groups in total. The topological polar surface area (TPSA) is 48.5 Å². The van der Waals surface area contributed by atoms with E-state index in [4.69, 9.17) is 0 Å². The fourth-order valence-corrected chi connectivity index (χ4v) is 2.77. The number of carbonyl (C=O) groups is 1. The molecule has 1 aliphatic heterocycles. The van der Waals surface area contributed by atoms with Crippen LogP contribution in [-0.4, -0.2) is 59.5 Å². The fourth-order valence-electron chi connectivity index (χ4n) is 2.54. The minimum absolute atomic E-state index is 0.181. The van der Waals surface area contributed by atoms with E-state index in [1.807, 2.05) is 12.3 Å². The Hall–Kier alpha value is -0.980. The third kappa shape index (κ3) is 4.76. The normalized spacial score (nSPS) is 20.4. The van der Waals surface area contributed by atoms with Crippen LogP contribution in [0.25, 0.3) is 0 Å². The number of hydrogen-bond donors (Lipinski definition) is 1. The molecule has 2 fully saturated rings. The number of hydrogen-bond acceptors (Lipinski definition) is 4. The first-order chi connectivity index (χ1) is 10.2. The van der Waals surface area contributed by atoms with Crippen LogP contribution >= 0.6 is 15.9 Å². The Kier molecular flexibility index (Phi) is 4.87. The highest BCUT2D eigenvalue weighted by Crippen LogP contribution is 2.18. The van der Waals surface area contributed by atoms with Gasteiger partial charge in [0.15, 0.2) is 0 Å². The maximum Gasteiger partial charge on any atom is 0.234 e. The Morgan fingerprint density at radius 1 is 1.24 bits per heavy atom. The maximum atomic E-state index is 11.8. The van der Waals surface area contributed by atoms with Crippen LogP contribution in [0.5, 0.6) is 0 Å². The quantitative estimate of drug-likeness (QED) is 0.866. The molecule has 3 rings (SSSR count). The van der Waals surface area contributed by atoms with E-state index in [1.54, 1.807) is 0 Å². The second kappa shape index (κ2) is 6.85. The van der Waals surface area contributed by atoms with Crippen LogP contribution in [0, 0.1) is 0 Å². The number of aromatic nitrogens is 1. The van der Waals surface area contributed by atoms with E-state index in [1.165, 1.54) is 0 Å². The number of carbonyl (C=O) groups excluding carboxylic acids is 1. The summed E-state index contributed by atoms with van der Waals surface area (Å²) in [6.07, 6.45) is 4.15. The molecule has 1 aliphatic carbocycles. The molecule has 0 radical (unpaired) electrons. The summed E-state index contributed by atoms with van der Waals surface area (Å²) in [5, 5.41) is 3.05. The molecule has 114 valence electrons. The Bertz CT molecular complexity index is 481. The van der Waals surface area contributed by atoms with Crippen molar-refractivity contribution >= 4 is 21.8 Å². The van der Waals surface area contributed by atoms with Crippen molar-refractivity contribution in [2.24, 2.45) is 0 Å². The fraction of sp³-hybridized carbons (Fsp3) is 0.600. The molecule has 0 unspecified atom stereocenters. The summed E-state index contributed by atoms with van der Waals surface area (Å²) in [7, 11) is 0. The third-order valence-corrected chi connectivity index (χ3v) is 4.42. The van der Waals surface area contributed by atoms with E-state index in [-0.39, 0.29) is 5.91 Å². The first-order valence-corrected chi connectivity index (χ1v) is 8.33. The van der Waals surface area contributed by atoms with Gasteiger partial charge in [-0.2, -0.15) is 0 Å². The predicted octanol–water partition coefficient (Wildman–Crippen LogP) is 1.24. The summed E-state index contributed by atoms with van der Waals surface area (Å²) in [6, 6.07) is 4.54. The van der Waals surface area contributed by atoms with Crippen LogP contribution in [0.15, 0.2) is 22.8 Å². The molecular weight excluding hydrogens is 332 g/mol. The van der Waals surface area contributed by atoms with Crippen molar-refractivity contribution in [2.45, 2.75) is 25.4 Å². The number of nitrogens with zero attached hydrogens (tertiary/aromatic N) is 3. The lowest BCUT2D eigenvalue weighted by molar-refractivity contribution is -0.122. The first kappa shape index (κ1) is 14.9. The minimum atomic E-state index is 0.181. The van der Waals surface area contributed by atoms with E-state index in [0.717, 1.165) is 55.7 Å². The van der Waals surface area contributed by atoms with Crippen molar-refractivity contribution in [2.75, 3.05) is 32.7 Å². The van der Waals surface area contributed by atoms with Crippen LogP contribution in [0.3, 0.4) is 0 Å². The molecule has 6 heteroatoms. The van der Waals surface area contributed by atoms with Gasteiger partial charge < -0.3 is 5.32 Å². The number of piperazine rings is 1. The molecule has 2 heterocycles. The Morgan fingerprint density at radius 3 is 2.57 bits per heavy atom. The van der Waals surface area contributed by atoms with Crippen molar-refractivity contribution in [3.8, 4) is 0 Å². The van der Waals surface area contributed by atoms with Gasteiger partial charge in [-0.05, 0) is 40.9 Å². The zero-order valence-electron chi connectivity index (χ0n) is 12.1. The van der Waals surface area contributed by atoms with Crippen LogP contribution in [-0.2, 0) is 11.3 Å². The van der Waals surface area contributed by atoms with Gasteiger partial charge in [-0.1, -0.05) is 0 Å². The molecule has 1 aromatic rings. The zero-order chi connectivity index (χ0) is 14.7. The van der Waals surface area contributed by atoms with Gasteiger partial charge in [-0.25, -0.2) is 0 Å². The standard InChI is InChI=1S/C15H21BrN4O/c16-12-1-2-14(17-9-12)10-19-5-7-20(8-6-19)11-15(21)18-13-3-4-13/h1-2,9,13H,3-8,10-11H2,(H,18,21). The second-order valence-corrected chi connectivity index (χ2v) is 6.78. The van der Waals surface area contributed by atoms with E-state index in [2.05, 4.69) is 42.1 Å². The number of rotatable bonds is 5. The molecule has 2 aliphatic rings. The lowest BCUT2D eigenvalue weighted by atomic mass is 10.2. The number of pyridine rings is 1. The highest BCUT2D eigenvalue weighted by Gasteiger charge is 2.25. The largest absolute Gasteiger partial charge is 0.352 e. The monoisotopic (exact) mass is 352 g/mol. The second-order valence-electron chi connectivity index (χ2n) is 5.86. The van der Waals surface area contributed by atoms with Crippen molar-refractivity contribution in [1.82, 2.24) is 20.1 Å². The summed E-state index contributed by atoms with van der Waals surface area (Å²) in [4.78, 5) is 20.8. The van der Waals surface area contributed by atoms with Gasteiger partial charge in [-0.15, -0.1) is 0 Å². The highest BCUT2D eigenvalue weighted by molar-refractivity contribution is 9.10. The van der Waals surface area contributed by atoms with E-state index < -0.39 is 0 Å². The van der Waals surface area contributed by atoms with Gasteiger partial charge >= 0.3 is 0 Å². The third-order valence-electron chi connectivity index (χ3n) is 3.95.